The summed E-state index contributed by atoms with van der Waals surface area (Å²) in [5.41, 5.74) is -2.71. The lowest BCUT2D eigenvalue weighted by molar-refractivity contribution is -0.385. The minimum absolute atomic E-state index is 0.360. The summed E-state index contributed by atoms with van der Waals surface area (Å²) < 4.78 is 38.3. The maximum Gasteiger partial charge on any atom is 0.416 e. The summed E-state index contributed by atoms with van der Waals surface area (Å²) in [6, 6.07) is 1.70. The third-order valence-electron chi connectivity index (χ3n) is 2.66. The summed E-state index contributed by atoms with van der Waals surface area (Å²) in [4.78, 5) is 9.66. The topological polar surface area (TPSA) is 104 Å². The van der Waals surface area contributed by atoms with E-state index in [2.05, 4.69) is 0 Å². The van der Waals surface area contributed by atoms with Crippen molar-refractivity contribution >= 4 is 5.69 Å². The molecular formula is C11H12F3NO5. The number of hydrogen-bond donors (Lipinski definition) is 3. The van der Waals surface area contributed by atoms with Gasteiger partial charge in [0, 0.05) is 24.3 Å². The second-order valence-corrected chi connectivity index (χ2v) is 4.05. The maximum absolute atomic E-state index is 12.8. The van der Waals surface area contributed by atoms with Crippen molar-refractivity contribution in [2.45, 2.75) is 24.8 Å². The molecule has 20 heavy (non-hydrogen) atoms. The van der Waals surface area contributed by atoms with Crippen LogP contribution in [0.2, 0.25) is 0 Å². The predicted octanol–water partition coefficient (Wildman–Crippen LogP) is 1.39. The highest BCUT2D eigenvalue weighted by molar-refractivity contribution is 5.42. The van der Waals surface area contributed by atoms with Crippen LogP contribution in [0.25, 0.3) is 0 Å². The first-order chi connectivity index (χ1) is 9.18. The van der Waals surface area contributed by atoms with Crippen LogP contribution < -0.4 is 0 Å². The van der Waals surface area contributed by atoms with E-state index in [0.29, 0.717) is 18.2 Å². The number of benzene rings is 1. The third kappa shape index (κ3) is 3.65. The van der Waals surface area contributed by atoms with Crippen LogP contribution in [0.5, 0.6) is 0 Å². The quantitative estimate of drug-likeness (QED) is 0.562. The summed E-state index contributed by atoms with van der Waals surface area (Å²) in [5.74, 6) is 0. The van der Waals surface area contributed by atoms with E-state index in [-0.39, 0.29) is 6.42 Å². The highest BCUT2D eigenvalue weighted by atomic mass is 19.4. The minimum Gasteiger partial charge on any atom is -0.396 e. The molecule has 3 N–H and O–H groups in total. The number of nitro benzene ring substituents is 1. The van der Waals surface area contributed by atoms with Crippen molar-refractivity contribution in [3.8, 4) is 0 Å². The first-order valence-electron chi connectivity index (χ1n) is 5.51. The van der Waals surface area contributed by atoms with Gasteiger partial charge in [-0.3, -0.25) is 10.1 Å². The Hall–Kier alpha value is -1.71. The van der Waals surface area contributed by atoms with Gasteiger partial charge in [0.2, 0.25) is 0 Å². The summed E-state index contributed by atoms with van der Waals surface area (Å²) in [6.07, 6.45) is -8.84. The number of nitrogens with zero attached hydrogens (tertiary/aromatic N) is 1. The highest BCUT2D eigenvalue weighted by Gasteiger charge is 2.37. The smallest absolute Gasteiger partial charge is 0.396 e. The Morgan fingerprint density at radius 1 is 1.30 bits per heavy atom. The number of rotatable bonds is 5. The van der Waals surface area contributed by atoms with Crippen LogP contribution in [0.15, 0.2) is 18.2 Å². The molecule has 0 aliphatic heterocycles. The van der Waals surface area contributed by atoms with E-state index in [1.54, 1.807) is 0 Å². The van der Waals surface area contributed by atoms with Crippen LogP contribution in [0.3, 0.4) is 0 Å². The zero-order valence-corrected chi connectivity index (χ0v) is 10.0. The molecule has 0 bridgehead atoms. The fraction of sp³-hybridized carbons (Fsp3) is 0.455. The Labute approximate surface area is 111 Å². The predicted molar refractivity (Wildman–Crippen MR) is 60.8 cm³/mol. The largest absolute Gasteiger partial charge is 0.416 e. The van der Waals surface area contributed by atoms with E-state index in [0.717, 1.165) is 0 Å². The fourth-order valence-electron chi connectivity index (χ4n) is 1.66. The molecule has 6 nitrogen and oxygen atoms in total. The summed E-state index contributed by atoms with van der Waals surface area (Å²) in [6.45, 7) is -0.547. The average molecular weight is 295 g/mol. The number of aliphatic hydroxyl groups is 3. The van der Waals surface area contributed by atoms with Gasteiger partial charge in [-0.05, 0) is 12.5 Å². The maximum atomic E-state index is 12.8. The Morgan fingerprint density at radius 2 is 1.90 bits per heavy atom. The van der Waals surface area contributed by atoms with Crippen molar-refractivity contribution in [3.05, 3.63) is 39.4 Å². The lowest BCUT2D eigenvalue weighted by Crippen LogP contribution is -2.23. The first kappa shape index (κ1) is 16.3. The number of aliphatic hydroxyl groups excluding tert-OH is 3. The van der Waals surface area contributed by atoms with E-state index < -0.39 is 46.7 Å². The third-order valence-corrected chi connectivity index (χ3v) is 2.66. The number of hydrogen-bond acceptors (Lipinski definition) is 5. The first-order valence-corrected chi connectivity index (χ1v) is 5.51. The molecule has 2 unspecified atom stereocenters. The van der Waals surface area contributed by atoms with Crippen LogP contribution in [-0.2, 0) is 6.18 Å². The van der Waals surface area contributed by atoms with Crippen LogP contribution in [0.1, 0.15) is 23.7 Å². The van der Waals surface area contributed by atoms with E-state index in [4.69, 9.17) is 5.11 Å². The van der Waals surface area contributed by atoms with E-state index in [1.807, 2.05) is 0 Å². The molecule has 1 aromatic carbocycles. The van der Waals surface area contributed by atoms with Crippen molar-refractivity contribution < 1.29 is 33.4 Å². The molecule has 1 aromatic rings. The molecule has 0 saturated carbocycles. The molecule has 0 aliphatic rings. The fourth-order valence-corrected chi connectivity index (χ4v) is 1.66. The number of non-ortho nitro benzene ring substituents is 1. The molecule has 112 valence electrons. The average Bonchev–Trinajstić information content (AvgIpc) is 2.36. The standard InChI is InChI=1S/C11H12F3NO5/c12-11(13,14)8-2-1-6(15(19)20)5-7(8)10(18)9(17)3-4-16/h1-2,5,9-10,16-18H,3-4H2. The lowest BCUT2D eigenvalue weighted by Gasteiger charge is -2.21. The number of alkyl halides is 3. The highest BCUT2D eigenvalue weighted by Crippen LogP contribution is 2.37. The van der Waals surface area contributed by atoms with Gasteiger partial charge in [-0.1, -0.05) is 0 Å². The molecule has 0 aliphatic carbocycles. The molecule has 0 spiro atoms. The Morgan fingerprint density at radius 3 is 2.35 bits per heavy atom. The zero-order valence-electron chi connectivity index (χ0n) is 10.0. The molecule has 1 rings (SSSR count). The Balaban J connectivity index is 3.31. The molecule has 0 amide bonds. The molecule has 0 heterocycles. The van der Waals surface area contributed by atoms with Gasteiger partial charge >= 0.3 is 6.18 Å². The number of halogens is 3. The van der Waals surface area contributed by atoms with Crippen LogP contribution in [0.4, 0.5) is 18.9 Å². The van der Waals surface area contributed by atoms with Gasteiger partial charge in [0.05, 0.1) is 16.6 Å². The van der Waals surface area contributed by atoms with Gasteiger partial charge in [-0.25, -0.2) is 0 Å². The molecule has 0 fully saturated rings. The minimum atomic E-state index is -4.83. The second kappa shape index (κ2) is 6.16. The van der Waals surface area contributed by atoms with E-state index in [1.165, 1.54) is 0 Å². The molecule has 2 atom stereocenters. The normalized spacial score (nSPS) is 14.9. The van der Waals surface area contributed by atoms with Gasteiger partial charge in [-0.2, -0.15) is 13.2 Å². The SMILES string of the molecule is O=[N+]([O-])c1ccc(C(F)(F)F)c(C(O)C(O)CCO)c1. The second-order valence-electron chi connectivity index (χ2n) is 4.05. The monoisotopic (exact) mass is 295 g/mol. The summed E-state index contributed by atoms with van der Waals surface area (Å²) in [5, 5.41) is 38.3. The van der Waals surface area contributed by atoms with Crippen molar-refractivity contribution in [1.29, 1.82) is 0 Å². The van der Waals surface area contributed by atoms with Crippen LogP contribution in [0, 0.1) is 10.1 Å². The molecule has 9 heteroatoms. The Kier molecular flexibility index (Phi) is 5.03. The van der Waals surface area contributed by atoms with Crippen LogP contribution in [-0.4, -0.2) is 33.0 Å². The van der Waals surface area contributed by atoms with Gasteiger partial charge in [0.15, 0.2) is 0 Å². The van der Waals surface area contributed by atoms with E-state index >= 15 is 0 Å². The molecular weight excluding hydrogens is 283 g/mol. The summed E-state index contributed by atoms with van der Waals surface area (Å²) >= 11 is 0. The zero-order chi connectivity index (χ0) is 15.5. The van der Waals surface area contributed by atoms with Gasteiger partial charge in [0.1, 0.15) is 6.10 Å². The van der Waals surface area contributed by atoms with Gasteiger partial charge in [-0.15, -0.1) is 0 Å². The summed E-state index contributed by atoms with van der Waals surface area (Å²) in [7, 11) is 0. The van der Waals surface area contributed by atoms with Crippen molar-refractivity contribution in [2.75, 3.05) is 6.61 Å². The van der Waals surface area contributed by atoms with Gasteiger partial charge < -0.3 is 15.3 Å². The molecule has 0 aromatic heterocycles. The van der Waals surface area contributed by atoms with Crippen molar-refractivity contribution in [3.63, 3.8) is 0 Å². The van der Waals surface area contributed by atoms with E-state index in [9.17, 15) is 33.5 Å². The Bertz CT molecular complexity index is 491. The molecule has 0 radical (unpaired) electrons. The van der Waals surface area contributed by atoms with Crippen molar-refractivity contribution in [1.82, 2.24) is 0 Å². The van der Waals surface area contributed by atoms with Crippen molar-refractivity contribution in [2.24, 2.45) is 0 Å². The van der Waals surface area contributed by atoms with Crippen LogP contribution >= 0.6 is 0 Å². The number of nitro groups is 1. The lowest BCUT2D eigenvalue weighted by atomic mass is 9.96. The molecule has 0 saturated heterocycles. The van der Waals surface area contributed by atoms with Gasteiger partial charge in [0.25, 0.3) is 5.69 Å².